The highest BCUT2D eigenvalue weighted by atomic mass is 35.5. The van der Waals surface area contributed by atoms with Crippen LogP contribution in [-0.4, -0.2) is 26.2 Å². The van der Waals surface area contributed by atoms with E-state index in [1.54, 1.807) is 0 Å². The summed E-state index contributed by atoms with van der Waals surface area (Å²) in [4.78, 5) is 2.33. The van der Waals surface area contributed by atoms with E-state index in [4.69, 9.17) is 23.2 Å². The lowest BCUT2D eigenvalue weighted by Crippen LogP contribution is -2.47. The molecule has 1 fully saturated rings. The van der Waals surface area contributed by atoms with Gasteiger partial charge in [0, 0.05) is 24.2 Å². The lowest BCUT2D eigenvalue weighted by Gasteiger charge is -2.38. The van der Waals surface area contributed by atoms with Crippen LogP contribution in [0.3, 0.4) is 0 Å². The molecule has 1 N–H and O–H groups in total. The second kappa shape index (κ2) is 5.47. The maximum Gasteiger partial charge on any atom is 0.0640 e. The summed E-state index contributed by atoms with van der Waals surface area (Å²) in [5, 5.41) is 4.89. The fourth-order valence-electron chi connectivity index (χ4n) is 2.52. The van der Waals surface area contributed by atoms with E-state index in [1.165, 1.54) is 0 Å². The minimum Gasteiger partial charge on any atom is -0.370 e. The van der Waals surface area contributed by atoms with Gasteiger partial charge in [-0.1, -0.05) is 30.1 Å². The van der Waals surface area contributed by atoms with E-state index in [0.717, 1.165) is 35.2 Å². The molecular weight excluding hydrogens is 255 g/mol. The minimum atomic E-state index is 0.601. The van der Waals surface area contributed by atoms with E-state index < -0.39 is 0 Å². The van der Waals surface area contributed by atoms with Gasteiger partial charge in [-0.25, -0.2) is 0 Å². The minimum absolute atomic E-state index is 0.601. The number of piperidine rings is 1. The smallest absolute Gasteiger partial charge is 0.0640 e. The van der Waals surface area contributed by atoms with E-state index in [0.29, 0.717) is 12.0 Å². The Balaban J connectivity index is 2.16. The van der Waals surface area contributed by atoms with Crippen LogP contribution in [-0.2, 0) is 0 Å². The summed E-state index contributed by atoms with van der Waals surface area (Å²) >= 11 is 12.3. The van der Waals surface area contributed by atoms with Gasteiger partial charge in [-0.2, -0.15) is 0 Å². The van der Waals surface area contributed by atoms with E-state index in [2.05, 4.69) is 17.1 Å². The van der Waals surface area contributed by atoms with Crippen molar-refractivity contribution in [3.8, 4) is 0 Å². The van der Waals surface area contributed by atoms with Crippen LogP contribution < -0.4 is 10.2 Å². The Morgan fingerprint density at radius 1 is 1.35 bits per heavy atom. The molecule has 1 aliphatic rings. The number of rotatable bonds is 2. The molecular formula is C13H18Cl2N2. The van der Waals surface area contributed by atoms with Gasteiger partial charge in [-0.05, 0) is 37.6 Å². The van der Waals surface area contributed by atoms with Crippen LogP contribution in [0.4, 0.5) is 5.69 Å². The number of benzene rings is 1. The van der Waals surface area contributed by atoms with Crippen molar-refractivity contribution in [1.29, 1.82) is 0 Å². The standard InChI is InChI=1S/C13H18Cl2N2/c1-9-8-17(6-5-12(9)16-2)13-7-10(14)3-4-11(13)15/h3-4,7,9,12,16H,5-6,8H2,1-2H3. The Kier molecular flexibility index (Phi) is 4.18. The number of nitrogens with one attached hydrogen (secondary N) is 1. The zero-order valence-electron chi connectivity index (χ0n) is 10.2. The zero-order valence-corrected chi connectivity index (χ0v) is 11.7. The molecule has 2 unspecified atom stereocenters. The number of nitrogens with zero attached hydrogens (tertiary/aromatic N) is 1. The lowest BCUT2D eigenvalue weighted by molar-refractivity contribution is 0.339. The maximum absolute atomic E-state index is 6.23. The first-order valence-corrected chi connectivity index (χ1v) is 6.74. The van der Waals surface area contributed by atoms with Crippen molar-refractivity contribution >= 4 is 28.9 Å². The van der Waals surface area contributed by atoms with Gasteiger partial charge in [-0.3, -0.25) is 0 Å². The molecule has 0 saturated carbocycles. The predicted molar refractivity (Wildman–Crippen MR) is 75.3 cm³/mol. The Hall–Kier alpha value is -0.440. The molecule has 2 nitrogen and oxygen atoms in total. The van der Waals surface area contributed by atoms with E-state index in [-0.39, 0.29) is 0 Å². The van der Waals surface area contributed by atoms with Gasteiger partial charge >= 0.3 is 0 Å². The lowest BCUT2D eigenvalue weighted by atomic mass is 9.93. The fourth-order valence-corrected chi connectivity index (χ4v) is 2.92. The number of halogens is 2. The van der Waals surface area contributed by atoms with Gasteiger partial charge < -0.3 is 10.2 Å². The van der Waals surface area contributed by atoms with E-state index >= 15 is 0 Å². The first-order valence-electron chi connectivity index (χ1n) is 5.99. The Morgan fingerprint density at radius 3 is 2.76 bits per heavy atom. The summed E-state index contributed by atoms with van der Waals surface area (Å²) in [6.45, 7) is 4.31. The molecule has 0 amide bonds. The molecule has 17 heavy (non-hydrogen) atoms. The molecule has 0 aromatic heterocycles. The molecule has 94 valence electrons. The average Bonchev–Trinajstić information content (AvgIpc) is 2.32. The summed E-state index contributed by atoms with van der Waals surface area (Å²) in [7, 11) is 2.03. The predicted octanol–water partition coefficient (Wildman–Crippen LogP) is 3.43. The van der Waals surface area contributed by atoms with Crippen molar-refractivity contribution in [2.45, 2.75) is 19.4 Å². The van der Waals surface area contributed by atoms with Crippen LogP contribution in [0, 0.1) is 5.92 Å². The molecule has 1 saturated heterocycles. The quantitative estimate of drug-likeness (QED) is 0.888. The van der Waals surface area contributed by atoms with Crippen molar-refractivity contribution in [1.82, 2.24) is 5.32 Å². The third kappa shape index (κ3) is 2.87. The number of hydrogen-bond acceptors (Lipinski definition) is 2. The monoisotopic (exact) mass is 272 g/mol. The van der Waals surface area contributed by atoms with Crippen LogP contribution >= 0.6 is 23.2 Å². The molecule has 4 heteroatoms. The molecule has 0 radical (unpaired) electrons. The summed E-state index contributed by atoms with van der Waals surface area (Å²) in [6, 6.07) is 6.26. The highest BCUT2D eigenvalue weighted by Gasteiger charge is 2.25. The van der Waals surface area contributed by atoms with Crippen molar-refractivity contribution in [2.75, 3.05) is 25.0 Å². The summed E-state index contributed by atoms with van der Waals surface area (Å²) in [5.74, 6) is 0.615. The van der Waals surface area contributed by atoms with Crippen LogP contribution in [0.2, 0.25) is 10.0 Å². The molecule has 2 atom stereocenters. The Labute approximate surface area is 113 Å². The zero-order chi connectivity index (χ0) is 12.4. The van der Waals surface area contributed by atoms with Crippen LogP contribution in [0.25, 0.3) is 0 Å². The third-order valence-corrected chi connectivity index (χ3v) is 4.08. The second-order valence-corrected chi connectivity index (χ2v) is 5.55. The van der Waals surface area contributed by atoms with Gasteiger partial charge in [0.15, 0.2) is 0 Å². The molecule has 0 aliphatic carbocycles. The average molecular weight is 273 g/mol. The van der Waals surface area contributed by atoms with Gasteiger partial charge in [0.1, 0.15) is 0 Å². The van der Waals surface area contributed by atoms with Crippen molar-refractivity contribution in [3.05, 3.63) is 28.2 Å². The summed E-state index contributed by atoms with van der Waals surface area (Å²) in [5.41, 5.74) is 1.06. The Morgan fingerprint density at radius 2 is 2.12 bits per heavy atom. The molecule has 0 bridgehead atoms. The third-order valence-electron chi connectivity index (χ3n) is 3.52. The van der Waals surface area contributed by atoms with Crippen molar-refractivity contribution in [2.24, 2.45) is 5.92 Å². The molecule has 0 spiro atoms. The number of hydrogen-bond donors (Lipinski definition) is 1. The SMILES string of the molecule is CNC1CCN(c2cc(Cl)ccc2Cl)CC1C. The highest BCUT2D eigenvalue weighted by Crippen LogP contribution is 2.32. The van der Waals surface area contributed by atoms with Gasteiger partial charge in [0.05, 0.1) is 10.7 Å². The van der Waals surface area contributed by atoms with Crippen molar-refractivity contribution in [3.63, 3.8) is 0 Å². The second-order valence-electron chi connectivity index (χ2n) is 4.70. The largest absolute Gasteiger partial charge is 0.370 e. The van der Waals surface area contributed by atoms with Crippen molar-refractivity contribution < 1.29 is 0 Å². The van der Waals surface area contributed by atoms with E-state index in [1.807, 2.05) is 25.2 Å². The topological polar surface area (TPSA) is 15.3 Å². The number of anilines is 1. The molecule has 1 aromatic rings. The first kappa shape index (κ1) is 13.0. The van der Waals surface area contributed by atoms with Crippen LogP contribution in [0.15, 0.2) is 18.2 Å². The van der Waals surface area contributed by atoms with Gasteiger partial charge in [-0.15, -0.1) is 0 Å². The fraction of sp³-hybridized carbons (Fsp3) is 0.538. The molecule has 1 heterocycles. The summed E-state index contributed by atoms with van der Waals surface area (Å²) in [6.07, 6.45) is 1.14. The highest BCUT2D eigenvalue weighted by molar-refractivity contribution is 6.35. The first-order chi connectivity index (χ1) is 8.11. The maximum atomic E-state index is 6.23. The Bertz CT molecular complexity index is 395. The normalized spacial score (nSPS) is 25.1. The molecule has 2 rings (SSSR count). The van der Waals surface area contributed by atoms with Gasteiger partial charge in [0.25, 0.3) is 0 Å². The van der Waals surface area contributed by atoms with Crippen LogP contribution in [0.1, 0.15) is 13.3 Å². The van der Waals surface area contributed by atoms with E-state index in [9.17, 15) is 0 Å². The molecule has 1 aromatic carbocycles. The van der Waals surface area contributed by atoms with Crippen LogP contribution in [0.5, 0.6) is 0 Å². The summed E-state index contributed by atoms with van der Waals surface area (Å²) < 4.78 is 0. The van der Waals surface area contributed by atoms with Gasteiger partial charge in [0.2, 0.25) is 0 Å². The molecule has 1 aliphatic heterocycles.